The summed E-state index contributed by atoms with van der Waals surface area (Å²) >= 11 is 0. The van der Waals surface area contributed by atoms with Gasteiger partial charge in [0, 0.05) is 40.2 Å². The molecule has 1 unspecified atom stereocenters. The van der Waals surface area contributed by atoms with Gasteiger partial charge in [-0.15, -0.1) is 24.0 Å². The Morgan fingerprint density at radius 1 is 1.50 bits per heavy atom. The van der Waals surface area contributed by atoms with Crippen molar-refractivity contribution < 1.29 is 9.21 Å². The lowest BCUT2D eigenvalue weighted by Gasteiger charge is -2.33. The number of guanidine groups is 1. The van der Waals surface area contributed by atoms with E-state index in [4.69, 9.17) is 4.42 Å². The van der Waals surface area contributed by atoms with E-state index in [9.17, 15) is 4.79 Å². The maximum atomic E-state index is 11.8. The Balaban J connectivity index is 0.00000288. The van der Waals surface area contributed by atoms with Crippen LogP contribution in [0.3, 0.4) is 0 Å². The van der Waals surface area contributed by atoms with Crippen LogP contribution < -0.4 is 5.32 Å². The molecule has 136 valence electrons. The summed E-state index contributed by atoms with van der Waals surface area (Å²) in [5, 5.41) is 3.39. The molecule has 2 rings (SSSR count). The predicted octanol–water partition coefficient (Wildman–Crippen LogP) is 2.21. The molecular formula is C17H29IN4O2. The number of rotatable bonds is 5. The Bertz CT molecular complexity index is 517. The van der Waals surface area contributed by atoms with Crippen molar-refractivity contribution in [3.05, 3.63) is 24.2 Å². The highest BCUT2D eigenvalue weighted by Gasteiger charge is 2.19. The van der Waals surface area contributed by atoms with E-state index >= 15 is 0 Å². The molecule has 1 aromatic rings. The summed E-state index contributed by atoms with van der Waals surface area (Å²) in [5.74, 6) is 2.46. The number of carbonyl (C=O) groups excluding carboxylic acids is 1. The number of aliphatic imine (C=N–C) groups is 1. The summed E-state index contributed by atoms with van der Waals surface area (Å²) in [6.45, 7) is 5.17. The van der Waals surface area contributed by atoms with Crippen molar-refractivity contribution in [1.29, 1.82) is 0 Å². The molecule has 1 atom stereocenters. The summed E-state index contributed by atoms with van der Waals surface area (Å²) in [5.41, 5.74) is 0. The Kier molecular flexibility index (Phi) is 9.17. The van der Waals surface area contributed by atoms with Gasteiger partial charge in [-0.2, -0.15) is 0 Å². The smallest absolute Gasteiger partial charge is 0.243 e. The van der Waals surface area contributed by atoms with Crippen molar-refractivity contribution in [2.24, 2.45) is 10.9 Å². The highest BCUT2D eigenvalue weighted by molar-refractivity contribution is 14.0. The second kappa shape index (κ2) is 10.6. The minimum Gasteiger partial charge on any atom is -0.469 e. The topological polar surface area (TPSA) is 61.1 Å². The number of amides is 1. The lowest BCUT2D eigenvalue weighted by Crippen LogP contribution is -2.47. The first-order valence-electron chi connectivity index (χ1n) is 8.32. The van der Waals surface area contributed by atoms with Crippen LogP contribution in [-0.2, 0) is 11.2 Å². The molecule has 1 saturated heterocycles. The van der Waals surface area contributed by atoms with Gasteiger partial charge >= 0.3 is 0 Å². The largest absolute Gasteiger partial charge is 0.469 e. The number of halogens is 1. The second-order valence-electron chi connectivity index (χ2n) is 6.38. The monoisotopic (exact) mass is 448 g/mol. The molecule has 1 aliphatic rings. The fourth-order valence-corrected chi connectivity index (χ4v) is 2.69. The zero-order valence-corrected chi connectivity index (χ0v) is 17.2. The number of nitrogens with zero attached hydrogens (tertiary/aromatic N) is 3. The van der Waals surface area contributed by atoms with Gasteiger partial charge in [-0.25, -0.2) is 4.99 Å². The Labute approximate surface area is 161 Å². The van der Waals surface area contributed by atoms with Crippen LogP contribution in [0.4, 0.5) is 0 Å². The van der Waals surface area contributed by atoms with Gasteiger partial charge < -0.3 is 19.5 Å². The maximum absolute atomic E-state index is 11.8. The summed E-state index contributed by atoms with van der Waals surface area (Å²) in [4.78, 5) is 20.2. The van der Waals surface area contributed by atoms with Gasteiger partial charge in [0.2, 0.25) is 5.91 Å². The van der Waals surface area contributed by atoms with E-state index < -0.39 is 0 Å². The van der Waals surface area contributed by atoms with E-state index in [1.165, 1.54) is 12.8 Å². The van der Waals surface area contributed by atoms with Crippen molar-refractivity contribution in [3.8, 4) is 0 Å². The first-order chi connectivity index (χ1) is 11.1. The van der Waals surface area contributed by atoms with Gasteiger partial charge in [0.05, 0.1) is 6.26 Å². The minimum atomic E-state index is 0. The van der Waals surface area contributed by atoms with Crippen molar-refractivity contribution in [1.82, 2.24) is 15.1 Å². The highest BCUT2D eigenvalue weighted by atomic mass is 127. The first kappa shape index (κ1) is 20.8. The van der Waals surface area contributed by atoms with E-state index in [2.05, 4.69) is 22.1 Å². The van der Waals surface area contributed by atoms with Crippen LogP contribution in [-0.4, -0.2) is 61.9 Å². The molecular weight excluding hydrogens is 419 g/mol. The fourth-order valence-electron chi connectivity index (χ4n) is 2.69. The molecule has 0 aromatic carbocycles. The summed E-state index contributed by atoms with van der Waals surface area (Å²) in [6, 6.07) is 3.86. The van der Waals surface area contributed by atoms with Crippen LogP contribution in [0.25, 0.3) is 0 Å². The lowest BCUT2D eigenvalue weighted by atomic mass is 10.0. The molecule has 0 aliphatic carbocycles. The number of piperidine rings is 1. The second-order valence-corrected chi connectivity index (χ2v) is 6.38. The van der Waals surface area contributed by atoms with Crippen LogP contribution in [0.5, 0.6) is 0 Å². The van der Waals surface area contributed by atoms with Crippen molar-refractivity contribution in [2.75, 3.05) is 40.3 Å². The zero-order chi connectivity index (χ0) is 16.7. The van der Waals surface area contributed by atoms with Crippen LogP contribution in [0, 0.1) is 5.92 Å². The molecule has 0 spiro atoms. The number of nitrogens with one attached hydrogen (secondary N) is 1. The average molecular weight is 448 g/mol. The molecule has 7 heteroatoms. The van der Waals surface area contributed by atoms with Gasteiger partial charge in [-0.05, 0) is 30.9 Å². The van der Waals surface area contributed by atoms with Crippen molar-refractivity contribution in [2.45, 2.75) is 26.2 Å². The summed E-state index contributed by atoms with van der Waals surface area (Å²) < 4.78 is 5.35. The van der Waals surface area contributed by atoms with Crippen molar-refractivity contribution in [3.63, 3.8) is 0 Å². The molecule has 1 aliphatic heterocycles. The average Bonchev–Trinajstić information content (AvgIpc) is 3.03. The third kappa shape index (κ3) is 6.70. The number of hydrogen-bond acceptors (Lipinski definition) is 3. The molecule has 1 fully saturated rings. The molecule has 2 heterocycles. The molecule has 0 bridgehead atoms. The van der Waals surface area contributed by atoms with E-state index in [-0.39, 0.29) is 36.4 Å². The van der Waals surface area contributed by atoms with Gasteiger partial charge in [-0.3, -0.25) is 4.79 Å². The molecule has 1 N–H and O–H groups in total. The number of furan rings is 1. The minimum absolute atomic E-state index is 0. The third-order valence-electron chi connectivity index (χ3n) is 4.05. The number of likely N-dealkylation sites (N-methyl/N-ethyl adjacent to an activating group) is 1. The standard InChI is InChI=1S/C17H28N4O2.HI/c1-14-6-4-10-21(13-14)17(19-12-16(22)20(2)3)18-9-8-15-7-5-11-23-15;/h5,7,11,14H,4,6,8-10,12-13H2,1-3H3,(H,18,19);1H. The van der Waals surface area contributed by atoms with Crippen LogP contribution in [0.1, 0.15) is 25.5 Å². The molecule has 0 radical (unpaired) electrons. The fraction of sp³-hybridized carbons (Fsp3) is 0.647. The van der Waals surface area contributed by atoms with Crippen LogP contribution in [0.15, 0.2) is 27.8 Å². The zero-order valence-electron chi connectivity index (χ0n) is 14.8. The summed E-state index contributed by atoms with van der Waals surface area (Å²) in [6.07, 6.45) is 4.91. The lowest BCUT2D eigenvalue weighted by molar-refractivity contribution is -0.127. The van der Waals surface area contributed by atoms with Crippen LogP contribution >= 0.6 is 24.0 Å². The number of carbonyl (C=O) groups is 1. The predicted molar refractivity (Wildman–Crippen MR) is 107 cm³/mol. The maximum Gasteiger partial charge on any atom is 0.243 e. The molecule has 6 nitrogen and oxygen atoms in total. The van der Waals surface area contributed by atoms with E-state index in [0.717, 1.165) is 37.8 Å². The number of hydrogen-bond donors (Lipinski definition) is 1. The highest BCUT2D eigenvalue weighted by Crippen LogP contribution is 2.15. The molecule has 1 amide bonds. The van der Waals surface area contributed by atoms with Gasteiger partial charge in [-0.1, -0.05) is 6.92 Å². The third-order valence-corrected chi connectivity index (χ3v) is 4.05. The van der Waals surface area contributed by atoms with Crippen LogP contribution in [0.2, 0.25) is 0 Å². The Hall–Kier alpha value is -1.25. The quantitative estimate of drug-likeness (QED) is 0.427. The number of likely N-dealkylation sites (tertiary alicyclic amines) is 1. The van der Waals surface area contributed by atoms with Gasteiger partial charge in [0.1, 0.15) is 12.3 Å². The van der Waals surface area contributed by atoms with Gasteiger partial charge in [0.15, 0.2) is 5.96 Å². The van der Waals surface area contributed by atoms with Crippen molar-refractivity contribution >= 4 is 35.8 Å². The van der Waals surface area contributed by atoms with E-state index in [0.29, 0.717) is 5.92 Å². The summed E-state index contributed by atoms with van der Waals surface area (Å²) in [7, 11) is 3.51. The molecule has 24 heavy (non-hydrogen) atoms. The van der Waals surface area contributed by atoms with E-state index in [1.54, 1.807) is 25.3 Å². The normalized spacial score (nSPS) is 18.0. The first-order valence-corrected chi connectivity index (χ1v) is 8.32. The molecule has 0 saturated carbocycles. The Morgan fingerprint density at radius 3 is 2.92 bits per heavy atom. The Morgan fingerprint density at radius 2 is 2.29 bits per heavy atom. The van der Waals surface area contributed by atoms with Gasteiger partial charge in [0.25, 0.3) is 0 Å². The SMILES string of the molecule is CC1CCCN(C(=NCC(=O)N(C)C)NCCc2ccco2)C1.I. The molecule has 1 aromatic heterocycles. The van der Waals surface area contributed by atoms with E-state index in [1.807, 2.05) is 12.1 Å².